The minimum absolute atomic E-state index is 0.219. The van der Waals surface area contributed by atoms with Gasteiger partial charge in [0.1, 0.15) is 17.0 Å². The lowest BCUT2D eigenvalue weighted by Crippen LogP contribution is -2.51. The summed E-state index contributed by atoms with van der Waals surface area (Å²) in [6.45, 7) is 8.78. The number of ether oxygens (including phenoxy) is 1. The molecule has 3 rings (SSSR count). The lowest BCUT2D eigenvalue weighted by Gasteiger charge is -2.35. The smallest absolute Gasteiger partial charge is 0.410 e. The molecule has 2 heterocycles. The van der Waals surface area contributed by atoms with Crippen molar-refractivity contribution in [3.63, 3.8) is 0 Å². The predicted molar refractivity (Wildman–Crippen MR) is 94.6 cm³/mol. The van der Waals surface area contributed by atoms with Crippen molar-refractivity contribution in [3.8, 4) is 0 Å². The number of carbonyl (C=O) groups is 2. The molecule has 1 fully saturated rings. The van der Waals surface area contributed by atoms with Crippen molar-refractivity contribution in [2.75, 3.05) is 26.2 Å². The Kier molecular flexibility index (Phi) is 4.64. The fourth-order valence-corrected chi connectivity index (χ4v) is 2.96. The molecule has 140 valence electrons. The summed E-state index contributed by atoms with van der Waals surface area (Å²) < 4.78 is 24.4. The molecule has 1 saturated heterocycles. The first-order chi connectivity index (χ1) is 12.2. The fraction of sp³-hybridized carbons (Fsp3) is 0.474. The number of aryl methyl sites for hydroxylation is 1. The maximum Gasteiger partial charge on any atom is 0.410 e. The first-order valence-electron chi connectivity index (χ1n) is 8.61. The molecule has 0 spiro atoms. The minimum atomic E-state index is -0.551. The quantitative estimate of drug-likeness (QED) is 0.778. The number of piperazine rings is 1. The third-order valence-corrected chi connectivity index (χ3v) is 4.31. The normalized spacial score (nSPS) is 15.4. The molecule has 1 aromatic heterocycles. The number of amides is 2. The Balaban J connectivity index is 1.69. The molecule has 26 heavy (non-hydrogen) atoms. The van der Waals surface area contributed by atoms with E-state index in [4.69, 9.17) is 9.15 Å². The third-order valence-electron chi connectivity index (χ3n) is 4.31. The number of fused-ring (bicyclic) bond motifs is 1. The molecule has 0 aliphatic carbocycles. The Hall–Kier alpha value is -2.57. The van der Waals surface area contributed by atoms with Crippen molar-refractivity contribution < 1.29 is 23.1 Å². The zero-order valence-corrected chi connectivity index (χ0v) is 15.5. The first kappa shape index (κ1) is 18.2. The van der Waals surface area contributed by atoms with Crippen molar-refractivity contribution in [3.05, 3.63) is 35.3 Å². The van der Waals surface area contributed by atoms with Crippen molar-refractivity contribution in [1.82, 2.24) is 9.80 Å². The summed E-state index contributed by atoms with van der Waals surface area (Å²) in [6.07, 6.45) is -0.375. The number of hydrogen-bond acceptors (Lipinski definition) is 4. The van der Waals surface area contributed by atoms with Crippen LogP contribution >= 0.6 is 0 Å². The molecule has 0 saturated carbocycles. The third kappa shape index (κ3) is 3.66. The second kappa shape index (κ2) is 6.63. The van der Waals surface area contributed by atoms with Gasteiger partial charge in [-0.05, 0) is 45.9 Å². The van der Waals surface area contributed by atoms with Gasteiger partial charge in [-0.2, -0.15) is 0 Å². The molecule has 7 heteroatoms. The summed E-state index contributed by atoms with van der Waals surface area (Å²) in [4.78, 5) is 28.1. The first-order valence-corrected chi connectivity index (χ1v) is 8.61. The largest absolute Gasteiger partial charge is 0.451 e. The summed E-state index contributed by atoms with van der Waals surface area (Å²) >= 11 is 0. The van der Waals surface area contributed by atoms with Gasteiger partial charge in [0, 0.05) is 37.1 Å². The van der Waals surface area contributed by atoms with Crippen LogP contribution in [0.4, 0.5) is 9.18 Å². The van der Waals surface area contributed by atoms with Gasteiger partial charge < -0.3 is 19.0 Å². The molecular weight excluding hydrogens is 339 g/mol. The van der Waals surface area contributed by atoms with Gasteiger partial charge in [-0.15, -0.1) is 0 Å². The standard InChI is InChI=1S/C19H23FN2O4/c1-12-14-11-13(20)5-6-15(14)25-16(12)17(23)21-7-9-22(10-8-21)18(24)26-19(2,3)4/h5-6,11H,7-10H2,1-4H3. The molecule has 0 N–H and O–H groups in total. The van der Waals surface area contributed by atoms with Crippen molar-refractivity contribution in [1.29, 1.82) is 0 Å². The van der Waals surface area contributed by atoms with E-state index in [1.54, 1.807) is 16.7 Å². The van der Waals surface area contributed by atoms with Crippen LogP contribution in [0.15, 0.2) is 22.6 Å². The molecule has 1 aliphatic rings. The van der Waals surface area contributed by atoms with Crippen LogP contribution in [0.5, 0.6) is 0 Å². The fourth-order valence-electron chi connectivity index (χ4n) is 2.96. The predicted octanol–water partition coefficient (Wildman–Crippen LogP) is 3.57. The highest BCUT2D eigenvalue weighted by Crippen LogP contribution is 2.27. The highest BCUT2D eigenvalue weighted by atomic mass is 19.1. The molecule has 0 atom stereocenters. The van der Waals surface area contributed by atoms with Crippen LogP contribution < -0.4 is 0 Å². The Bertz CT molecular complexity index is 845. The van der Waals surface area contributed by atoms with Crippen molar-refractivity contribution in [2.24, 2.45) is 0 Å². The Morgan fingerprint density at radius 2 is 1.73 bits per heavy atom. The van der Waals surface area contributed by atoms with E-state index in [0.29, 0.717) is 42.7 Å². The summed E-state index contributed by atoms with van der Waals surface area (Å²) in [5, 5.41) is 0.598. The van der Waals surface area contributed by atoms with Crippen LogP contribution in [0.2, 0.25) is 0 Å². The second-order valence-electron chi connectivity index (χ2n) is 7.46. The van der Waals surface area contributed by atoms with E-state index in [1.165, 1.54) is 18.2 Å². The molecule has 1 aliphatic heterocycles. The van der Waals surface area contributed by atoms with Crippen LogP contribution in [-0.4, -0.2) is 53.6 Å². The Labute approximate surface area is 151 Å². The minimum Gasteiger partial charge on any atom is -0.451 e. The van der Waals surface area contributed by atoms with E-state index in [-0.39, 0.29) is 23.6 Å². The van der Waals surface area contributed by atoms with Crippen LogP contribution in [-0.2, 0) is 4.74 Å². The summed E-state index contributed by atoms with van der Waals surface area (Å²) in [5.41, 5.74) is 0.559. The highest BCUT2D eigenvalue weighted by Gasteiger charge is 2.30. The van der Waals surface area contributed by atoms with Gasteiger partial charge in [-0.1, -0.05) is 0 Å². The van der Waals surface area contributed by atoms with E-state index >= 15 is 0 Å². The van der Waals surface area contributed by atoms with Crippen LogP contribution in [0.3, 0.4) is 0 Å². The average Bonchev–Trinajstić information content (AvgIpc) is 2.89. The molecule has 0 unspecified atom stereocenters. The molecule has 0 radical (unpaired) electrons. The Morgan fingerprint density at radius 1 is 1.12 bits per heavy atom. The van der Waals surface area contributed by atoms with E-state index in [0.717, 1.165) is 0 Å². The van der Waals surface area contributed by atoms with E-state index in [2.05, 4.69) is 0 Å². The van der Waals surface area contributed by atoms with Gasteiger partial charge >= 0.3 is 6.09 Å². The number of hydrogen-bond donors (Lipinski definition) is 0. The number of nitrogens with zero attached hydrogens (tertiary/aromatic N) is 2. The number of furan rings is 1. The van der Waals surface area contributed by atoms with E-state index in [9.17, 15) is 14.0 Å². The maximum absolute atomic E-state index is 13.4. The number of halogens is 1. The monoisotopic (exact) mass is 362 g/mol. The maximum atomic E-state index is 13.4. The molecule has 1 aromatic carbocycles. The van der Waals surface area contributed by atoms with Gasteiger partial charge in [-0.25, -0.2) is 9.18 Å². The van der Waals surface area contributed by atoms with Gasteiger partial charge in [-0.3, -0.25) is 4.79 Å². The van der Waals surface area contributed by atoms with Crippen LogP contribution in [0.25, 0.3) is 11.0 Å². The SMILES string of the molecule is Cc1c(C(=O)N2CCN(C(=O)OC(C)(C)C)CC2)oc2ccc(F)cc12. The molecule has 2 amide bonds. The summed E-state index contributed by atoms with van der Waals surface area (Å²) in [7, 11) is 0. The lowest BCUT2D eigenvalue weighted by molar-refractivity contribution is 0.0137. The zero-order chi connectivity index (χ0) is 19.1. The van der Waals surface area contributed by atoms with Crippen LogP contribution in [0.1, 0.15) is 36.9 Å². The van der Waals surface area contributed by atoms with Gasteiger partial charge in [0.2, 0.25) is 0 Å². The topological polar surface area (TPSA) is 63.0 Å². The van der Waals surface area contributed by atoms with Gasteiger partial charge in [0.25, 0.3) is 5.91 Å². The molecule has 6 nitrogen and oxygen atoms in total. The van der Waals surface area contributed by atoms with Gasteiger partial charge in [0.05, 0.1) is 0 Å². The van der Waals surface area contributed by atoms with Crippen LogP contribution in [0, 0.1) is 12.7 Å². The number of rotatable bonds is 1. The number of benzene rings is 1. The van der Waals surface area contributed by atoms with Gasteiger partial charge in [0.15, 0.2) is 5.76 Å². The summed E-state index contributed by atoms with van der Waals surface area (Å²) in [6, 6.07) is 4.19. The molecule has 0 bridgehead atoms. The average molecular weight is 362 g/mol. The van der Waals surface area contributed by atoms with Crippen molar-refractivity contribution in [2.45, 2.75) is 33.3 Å². The molecule has 2 aromatic rings. The lowest BCUT2D eigenvalue weighted by atomic mass is 10.1. The zero-order valence-electron chi connectivity index (χ0n) is 15.5. The van der Waals surface area contributed by atoms with Crippen molar-refractivity contribution >= 4 is 23.0 Å². The van der Waals surface area contributed by atoms with E-state index in [1.807, 2.05) is 20.8 Å². The molecular formula is C19H23FN2O4. The highest BCUT2D eigenvalue weighted by molar-refractivity contribution is 5.99. The number of carbonyl (C=O) groups excluding carboxylic acids is 2. The second-order valence-corrected chi connectivity index (χ2v) is 7.46. The Morgan fingerprint density at radius 3 is 2.35 bits per heavy atom. The summed E-state index contributed by atoms with van der Waals surface area (Å²) in [5.74, 6) is -0.398. The van der Waals surface area contributed by atoms with E-state index < -0.39 is 5.60 Å².